The lowest BCUT2D eigenvalue weighted by Gasteiger charge is -2.19. The molecule has 2 aromatic heterocycles. The monoisotopic (exact) mass is 441 g/mol. The number of carboxylic acid groups (broad SMARTS) is 1. The van der Waals surface area contributed by atoms with Crippen LogP contribution in [0.5, 0.6) is 0 Å². The molecule has 1 fully saturated rings. The summed E-state index contributed by atoms with van der Waals surface area (Å²) in [6.45, 7) is 3.83. The Morgan fingerprint density at radius 2 is 1.88 bits per heavy atom. The number of nitrogens with zero attached hydrogens (tertiary/aromatic N) is 2. The fraction of sp³-hybridized carbons (Fsp3) is 0.231. The zero-order valence-electron chi connectivity index (χ0n) is 18.3. The average molecular weight is 441 g/mol. The smallest absolute Gasteiger partial charge is 0.337 e. The number of hydrogen-bond acceptors (Lipinski definition) is 6. The minimum atomic E-state index is -1.01. The van der Waals surface area contributed by atoms with E-state index in [1.807, 2.05) is 19.9 Å². The van der Waals surface area contributed by atoms with Gasteiger partial charge in [0, 0.05) is 35.6 Å². The van der Waals surface area contributed by atoms with Crippen molar-refractivity contribution in [2.24, 2.45) is 0 Å². The third-order valence-electron chi connectivity index (χ3n) is 5.90. The molecule has 2 aromatic carbocycles. The van der Waals surface area contributed by atoms with Crippen LogP contribution in [-0.2, 0) is 0 Å². The Kier molecular flexibility index (Phi) is 5.17. The van der Waals surface area contributed by atoms with E-state index >= 15 is 0 Å². The SMILES string of the molecule is Cc1cc(C(C)Nc2ccccc2C(=O)O)c2oc(-c3cnc(C4CC4)nc3)cc(=O)c2c1. The summed E-state index contributed by atoms with van der Waals surface area (Å²) in [6.07, 6.45) is 5.62. The molecule has 0 saturated heterocycles. The number of aryl methyl sites for hydroxylation is 1. The van der Waals surface area contributed by atoms with E-state index in [0.29, 0.717) is 33.9 Å². The first kappa shape index (κ1) is 20.9. The lowest BCUT2D eigenvalue weighted by Crippen LogP contribution is -2.12. The molecule has 166 valence electrons. The number of benzene rings is 2. The van der Waals surface area contributed by atoms with Gasteiger partial charge in [0.05, 0.1) is 22.6 Å². The van der Waals surface area contributed by atoms with Crippen molar-refractivity contribution in [2.75, 3.05) is 5.32 Å². The van der Waals surface area contributed by atoms with Gasteiger partial charge < -0.3 is 14.8 Å². The molecule has 33 heavy (non-hydrogen) atoms. The van der Waals surface area contributed by atoms with Crippen molar-refractivity contribution in [3.05, 3.63) is 87.6 Å². The lowest BCUT2D eigenvalue weighted by molar-refractivity contribution is 0.0698. The Hall–Kier alpha value is -4.00. The fourth-order valence-electron chi connectivity index (χ4n) is 4.02. The second kappa shape index (κ2) is 8.16. The first-order valence-corrected chi connectivity index (χ1v) is 10.9. The van der Waals surface area contributed by atoms with E-state index in [9.17, 15) is 14.7 Å². The quantitative estimate of drug-likeness (QED) is 0.418. The Morgan fingerprint density at radius 1 is 1.15 bits per heavy atom. The Morgan fingerprint density at radius 3 is 2.58 bits per heavy atom. The highest BCUT2D eigenvalue weighted by Gasteiger charge is 2.26. The molecule has 0 bridgehead atoms. The highest BCUT2D eigenvalue weighted by molar-refractivity contribution is 5.94. The maximum atomic E-state index is 13.0. The van der Waals surface area contributed by atoms with Crippen LogP contribution in [0.2, 0.25) is 0 Å². The molecule has 2 heterocycles. The summed E-state index contributed by atoms with van der Waals surface area (Å²) in [6, 6.07) is 11.6. The molecule has 1 unspecified atom stereocenters. The second-order valence-corrected chi connectivity index (χ2v) is 8.53. The number of para-hydroxylation sites is 1. The van der Waals surface area contributed by atoms with Gasteiger partial charge in [0.25, 0.3) is 0 Å². The van der Waals surface area contributed by atoms with E-state index in [1.165, 1.54) is 6.07 Å². The van der Waals surface area contributed by atoms with E-state index in [1.54, 1.807) is 42.7 Å². The van der Waals surface area contributed by atoms with Gasteiger partial charge in [0.1, 0.15) is 17.2 Å². The van der Waals surface area contributed by atoms with Crippen LogP contribution >= 0.6 is 0 Å². The minimum Gasteiger partial charge on any atom is -0.478 e. The largest absolute Gasteiger partial charge is 0.478 e. The molecule has 1 atom stereocenters. The zero-order valence-corrected chi connectivity index (χ0v) is 18.3. The summed E-state index contributed by atoms with van der Waals surface area (Å²) >= 11 is 0. The Balaban J connectivity index is 1.58. The molecule has 2 N–H and O–H groups in total. The van der Waals surface area contributed by atoms with Crippen molar-refractivity contribution < 1.29 is 14.3 Å². The maximum Gasteiger partial charge on any atom is 0.337 e. The van der Waals surface area contributed by atoms with Crippen LogP contribution in [0.15, 0.2) is 64.1 Å². The van der Waals surface area contributed by atoms with E-state index < -0.39 is 5.97 Å². The van der Waals surface area contributed by atoms with Crippen molar-refractivity contribution in [3.63, 3.8) is 0 Å². The summed E-state index contributed by atoms with van der Waals surface area (Å²) in [5.74, 6) is 0.659. The molecule has 4 aromatic rings. The van der Waals surface area contributed by atoms with E-state index in [4.69, 9.17) is 4.42 Å². The number of carbonyl (C=O) groups is 1. The fourth-order valence-corrected chi connectivity index (χ4v) is 4.02. The summed E-state index contributed by atoms with van der Waals surface area (Å²) in [5, 5.41) is 13.3. The topological polar surface area (TPSA) is 105 Å². The summed E-state index contributed by atoms with van der Waals surface area (Å²) < 4.78 is 6.23. The number of hydrogen-bond donors (Lipinski definition) is 2. The predicted molar refractivity (Wildman–Crippen MR) is 126 cm³/mol. The first-order chi connectivity index (χ1) is 15.9. The van der Waals surface area contributed by atoms with Gasteiger partial charge in [-0.1, -0.05) is 18.2 Å². The van der Waals surface area contributed by atoms with Crippen LogP contribution in [0.3, 0.4) is 0 Å². The molecule has 7 heteroatoms. The van der Waals surface area contributed by atoms with Crippen LogP contribution in [0, 0.1) is 6.92 Å². The number of rotatable bonds is 6. The van der Waals surface area contributed by atoms with Crippen LogP contribution in [0.1, 0.15) is 59.0 Å². The number of carboxylic acids is 1. The van der Waals surface area contributed by atoms with Crippen LogP contribution in [0.25, 0.3) is 22.3 Å². The van der Waals surface area contributed by atoms with Crippen LogP contribution in [0.4, 0.5) is 5.69 Å². The van der Waals surface area contributed by atoms with Gasteiger partial charge in [0.15, 0.2) is 5.43 Å². The van der Waals surface area contributed by atoms with Gasteiger partial charge in [-0.05, 0) is 50.5 Å². The Bertz CT molecular complexity index is 1420. The summed E-state index contributed by atoms with van der Waals surface area (Å²) in [4.78, 5) is 33.5. The van der Waals surface area contributed by atoms with Crippen molar-refractivity contribution in [3.8, 4) is 11.3 Å². The average Bonchev–Trinajstić information content (AvgIpc) is 3.65. The molecular weight excluding hydrogens is 418 g/mol. The summed E-state index contributed by atoms with van der Waals surface area (Å²) in [7, 11) is 0. The number of nitrogens with one attached hydrogen (secondary N) is 1. The zero-order chi connectivity index (χ0) is 23.1. The van der Waals surface area contributed by atoms with Crippen LogP contribution in [-0.4, -0.2) is 21.0 Å². The van der Waals surface area contributed by atoms with Gasteiger partial charge in [-0.3, -0.25) is 4.79 Å². The Labute approximate surface area is 190 Å². The number of aromatic carboxylic acids is 1. The van der Waals surface area contributed by atoms with Gasteiger partial charge in [-0.15, -0.1) is 0 Å². The second-order valence-electron chi connectivity index (χ2n) is 8.53. The number of anilines is 1. The van der Waals surface area contributed by atoms with Gasteiger partial charge in [-0.25, -0.2) is 14.8 Å². The van der Waals surface area contributed by atoms with Gasteiger partial charge in [-0.2, -0.15) is 0 Å². The third kappa shape index (κ3) is 4.09. The molecule has 1 saturated carbocycles. The third-order valence-corrected chi connectivity index (χ3v) is 5.90. The van der Waals surface area contributed by atoms with Crippen molar-refractivity contribution in [2.45, 2.75) is 38.6 Å². The molecule has 0 spiro atoms. The highest BCUT2D eigenvalue weighted by atomic mass is 16.4. The maximum absolute atomic E-state index is 13.0. The minimum absolute atomic E-state index is 0.152. The van der Waals surface area contributed by atoms with Crippen molar-refractivity contribution >= 4 is 22.6 Å². The normalized spacial score (nSPS) is 14.2. The van der Waals surface area contributed by atoms with Crippen molar-refractivity contribution in [1.29, 1.82) is 0 Å². The molecule has 0 amide bonds. The van der Waals surface area contributed by atoms with E-state index in [2.05, 4.69) is 15.3 Å². The molecule has 1 aliphatic rings. The van der Waals surface area contributed by atoms with Gasteiger partial charge >= 0.3 is 5.97 Å². The molecule has 0 radical (unpaired) electrons. The standard InChI is InChI=1S/C26H23N3O4/c1-14-9-19(15(2)29-21-6-4-3-5-18(21)26(31)32)24-20(10-14)22(30)11-23(33-24)17-12-27-25(28-13-17)16-7-8-16/h3-6,9-13,15-16,29H,7-8H2,1-2H3,(H,31,32). The van der Waals surface area contributed by atoms with Gasteiger partial charge in [0.2, 0.25) is 0 Å². The number of aromatic nitrogens is 2. The van der Waals surface area contributed by atoms with E-state index in [0.717, 1.165) is 29.8 Å². The lowest BCUT2D eigenvalue weighted by atomic mass is 10.0. The molecule has 5 rings (SSSR count). The van der Waals surface area contributed by atoms with Crippen LogP contribution < -0.4 is 10.7 Å². The predicted octanol–water partition coefficient (Wildman–Crippen LogP) is 5.31. The highest BCUT2D eigenvalue weighted by Crippen LogP contribution is 2.38. The summed E-state index contributed by atoms with van der Waals surface area (Å²) in [5.41, 5.74) is 3.30. The number of fused-ring (bicyclic) bond motifs is 1. The first-order valence-electron chi connectivity index (χ1n) is 10.9. The van der Waals surface area contributed by atoms with E-state index in [-0.39, 0.29) is 17.0 Å². The molecule has 0 aliphatic heterocycles. The van der Waals surface area contributed by atoms with Crippen molar-refractivity contribution in [1.82, 2.24) is 9.97 Å². The molecule has 7 nitrogen and oxygen atoms in total. The molecular formula is C26H23N3O4. The molecule has 1 aliphatic carbocycles.